The Morgan fingerprint density at radius 3 is 2.41 bits per heavy atom. The fraction of sp³-hybridized carbons (Fsp3) is 0.583. The Kier molecular flexibility index (Phi) is 4.64. The van der Waals surface area contributed by atoms with Crippen LogP contribution in [0.5, 0.6) is 5.88 Å². The van der Waals surface area contributed by atoms with Crippen molar-refractivity contribution >= 4 is 25.7 Å². The highest BCUT2D eigenvalue weighted by Gasteiger charge is 2.37. The van der Waals surface area contributed by atoms with Gasteiger partial charge in [0, 0.05) is 32.1 Å². The smallest absolute Gasteiger partial charge is 0.235 e. The third-order valence-electron chi connectivity index (χ3n) is 3.55. The van der Waals surface area contributed by atoms with Crippen LogP contribution in [0.4, 0.5) is 5.69 Å². The molecule has 2 heterocycles. The second-order valence-electron chi connectivity index (χ2n) is 5.25. The fourth-order valence-corrected chi connectivity index (χ4v) is 4.57. The molecule has 2 rings (SSSR count). The average molecular weight is 349 g/mol. The lowest BCUT2D eigenvalue weighted by Gasteiger charge is -2.37. The number of nitrogens with zero attached hydrogens (tertiary/aromatic N) is 3. The van der Waals surface area contributed by atoms with Gasteiger partial charge in [0.1, 0.15) is 0 Å². The van der Waals surface area contributed by atoms with E-state index in [0.29, 0.717) is 11.6 Å². The van der Waals surface area contributed by atoms with Gasteiger partial charge in [-0.1, -0.05) is 0 Å². The molecule has 0 atom stereocenters. The first-order valence-corrected chi connectivity index (χ1v) is 10.0. The van der Waals surface area contributed by atoms with Crippen molar-refractivity contribution in [1.82, 2.24) is 9.29 Å². The summed E-state index contributed by atoms with van der Waals surface area (Å²) in [5, 5.41) is 0. The molecule has 1 saturated heterocycles. The number of pyridine rings is 1. The summed E-state index contributed by atoms with van der Waals surface area (Å²) in [6, 6.07) is 3.18. The SMILES string of the molecule is COc1ccc(N(C)S(=O)(=O)CC2CN(S(C)(=O)=O)C2)cn1. The predicted molar refractivity (Wildman–Crippen MR) is 82.9 cm³/mol. The first-order chi connectivity index (χ1) is 10.1. The molecule has 0 aromatic carbocycles. The van der Waals surface area contributed by atoms with Gasteiger partial charge in [-0.15, -0.1) is 0 Å². The van der Waals surface area contributed by atoms with Crippen LogP contribution in [0.3, 0.4) is 0 Å². The van der Waals surface area contributed by atoms with E-state index in [1.54, 1.807) is 12.1 Å². The third-order valence-corrected chi connectivity index (χ3v) is 6.72. The Morgan fingerprint density at radius 1 is 1.32 bits per heavy atom. The third kappa shape index (κ3) is 3.68. The van der Waals surface area contributed by atoms with Gasteiger partial charge in [-0.25, -0.2) is 26.1 Å². The summed E-state index contributed by atoms with van der Waals surface area (Å²) in [7, 11) is -3.84. The molecule has 1 fully saturated rings. The number of sulfonamides is 2. The van der Waals surface area contributed by atoms with Crippen LogP contribution in [0.25, 0.3) is 0 Å². The maximum Gasteiger partial charge on any atom is 0.235 e. The minimum atomic E-state index is -3.53. The maximum absolute atomic E-state index is 12.3. The lowest BCUT2D eigenvalue weighted by atomic mass is 10.1. The lowest BCUT2D eigenvalue weighted by Crippen LogP contribution is -2.52. The topological polar surface area (TPSA) is 96.9 Å². The van der Waals surface area contributed by atoms with E-state index >= 15 is 0 Å². The highest BCUT2D eigenvalue weighted by Crippen LogP contribution is 2.24. The van der Waals surface area contributed by atoms with Crippen molar-refractivity contribution in [2.24, 2.45) is 5.92 Å². The van der Waals surface area contributed by atoms with Crippen molar-refractivity contribution in [3.8, 4) is 5.88 Å². The summed E-state index contributed by atoms with van der Waals surface area (Å²) < 4.78 is 54.6. The van der Waals surface area contributed by atoms with Crippen molar-refractivity contribution in [3.63, 3.8) is 0 Å². The van der Waals surface area contributed by atoms with E-state index in [1.165, 1.54) is 24.7 Å². The van der Waals surface area contributed by atoms with E-state index in [0.717, 1.165) is 10.6 Å². The first-order valence-electron chi connectivity index (χ1n) is 6.55. The lowest BCUT2D eigenvalue weighted by molar-refractivity contribution is 0.221. The van der Waals surface area contributed by atoms with Crippen LogP contribution >= 0.6 is 0 Å². The zero-order valence-corrected chi connectivity index (χ0v) is 14.3. The maximum atomic E-state index is 12.3. The average Bonchev–Trinajstić information content (AvgIpc) is 2.40. The number of ether oxygens (including phenoxy) is 1. The number of aromatic nitrogens is 1. The largest absolute Gasteiger partial charge is 0.481 e. The number of anilines is 1. The van der Waals surface area contributed by atoms with E-state index in [9.17, 15) is 16.8 Å². The van der Waals surface area contributed by atoms with Crippen LogP contribution in [-0.2, 0) is 20.0 Å². The molecule has 0 amide bonds. The van der Waals surface area contributed by atoms with Crippen LogP contribution in [0.1, 0.15) is 0 Å². The van der Waals surface area contributed by atoms with Gasteiger partial charge in [-0.3, -0.25) is 4.31 Å². The molecule has 0 aliphatic carbocycles. The molecule has 10 heteroatoms. The summed E-state index contributed by atoms with van der Waals surface area (Å²) in [5.41, 5.74) is 0.431. The molecule has 22 heavy (non-hydrogen) atoms. The van der Waals surface area contributed by atoms with Gasteiger partial charge in [0.25, 0.3) is 0 Å². The monoisotopic (exact) mass is 349 g/mol. The minimum Gasteiger partial charge on any atom is -0.481 e. The minimum absolute atomic E-state index is 0.0957. The highest BCUT2D eigenvalue weighted by molar-refractivity contribution is 7.92. The quantitative estimate of drug-likeness (QED) is 0.702. The molecule has 1 aromatic rings. The summed E-state index contributed by atoms with van der Waals surface area (Å²) >= 11 is 0. The Balaban J connectivity index is 2.01. The molecule has 1 aliphatic rings. The summed E-state index contributed by atoms with van der Waals surface area (Å²) in [6.07, 6.45) is 2.53. The molecule has 0 radical (unpaired) electrons. The van der Waals surface area contributed by atoms with Crippen molar-refractivity contribution in [3.05, 3.63) is 18.3 Å². The van der Waals surface area contributed by atoms with E-state index in [-0.39, 0.29) is 24.8 Å². The molecule has 0 N–H and O–H groups in total. The number of hydrogen-bond acceptors (Lipinski definition) is 6. The van der Waals surface area contributed by atoms with Crippen LogP contribution in [0, 0.1) is 5.92 Å². The standard InChI is InChI=1S/C12H19N3O5S2/c1-14(11-4-5-12(20-2)13-6-11)22(18,19)9-10-7-15(8-10)21(3,16)17/h4-6,10H,7-9H2,1-3H3. The van der Waals surface area contributed by atoms with Gasteiger partial charge < -0.3 is 4.74 Å². The van der Waals surface area contributed by atoms with Gasteiger partial charge in [-0.05, 0) is 6.07 Å². The van der Waals surface area contributed by atoms with E-state index in [2.05, 4.69) is 4.98 Å². The normalized spacial score (nSPS) is 17.0. The Morgan fingerprint density at radius 2 is 1.95 bits per heavy atom. The molecule has 1 aromatic heterocycles. The molecule has 124 valence electrons. The van der Waals surface area contributed by atoms with Gasteiger partial charge in [0.05, 0.1) is 31.0 Å². The molecule has 8 nitrogen and oxygen atoms in total. The molecule has 0 spiro atoms. The van der Waals surface area contributed by atoms with Crippen molar-refractivity contribution < 1.29 is 21.6 Å². The molecular weight excluding hydrogens is 330 g/mol. The van der Waals surface area contributed by atoms with Crippen molar-refractivity contribution in [1.29, 1.82) is 0 Å². The Labute approximate surface area is 130 Å². The molecule has 0 bridgehead atoms. The van der Waals surface area contributed by atoms with Crippen LogP contribution in [0.2, 0.25) is 0 Å². The van der Waals surface area contributed by atoms with Crippen LogP contribution in [0.15, 0.2) is 18.3 Å². The molecule has 0 saturated carbocycles. The van der Waals surface area contributed by atoms with Crippen molar-refractivity contribution in [2.75, 3.05) is 43.6 Å². The predicted octanol–water partition coefficient (Wildman–Crippen LogP) is -0.252. The molecule has 1 aliphatic heterocycles. The number of rotatable bonds is 6. The highest BCUT2D eigenvalue weighted by atomic mass is 32.2. The second kappa shape index (κ2) is 6.01. The van der Waals surface area contributed by atoms with Gasteiger partial charge >= 0.3 is 0 Å². The molecular formula is C12H19N3O5S2. The summed E-state index contributed by atoms with van der Waals surface area (Å²) in [5.74, 6) is 0.118. The van der Waals surface area contributed by atoms with Gasteiger partial charge in [0.15, 0.2) is 0 Å². The fourth-order valence-electron chi connectivity index (χ4n) is 2.15. The van der Waals surface area contributed by atoms with E-state index in [4.69, 9.17) is 4.74 Å². The zero-order chi connectivity index (χ0) is 16.5. The zero-order valence-electron chi connectivity index (χ0n) is 12.6. The summed E-state index contributed by atoms with van der Waals surface area (Å²) in [6.45, 7) is 0.486. The van der Waals surface area contributed by atoms with Crippen LogP contribution < -0.4 is 9.04 Å². The Bertz CT molecular complexity index is 725. The summed E-state index contributed by atoms with van der Waals surface area (Å²) in [4.78, 5) is 3.97. The second-order valence-corrected chi connectivity index (χ2v) is 9.28. The van der Waals surface area contributed by atoms with Crippen LogP contribution in [-0.4, -0.2) is 65.4 Å². The van der Waals surface area contributed by atoms with Gasteiger partial charge in [-0.2, -0.15) is 0 Å². The van der Waals surface area contributed by atoms with Crippen molar-refractivity contribution in [2.45, 2.75) is 0 Å². The Hall–Kier alpha value is -1.39. The molecule has 0 unspecified atom stereocenters. The van der Waals surface area contributed by atoms with Gasteiger partial charge in [0.2, 0.25) is 25.9 Å². The number of hydrogen-bond donors (Lipinski definition) is 0. The van der Waals surface area contributed by atoms with E-state index < -0.39 is 20.0 Å². The first kappa shape index (κ1) is 17.0. The van der Waals surface area contributed by atoms with E-state index in [1.807, 2.05) is 0 Å². The number of methoxy groups -OCH3 is 1.